The third kappa shape index (κ3) is 6.32. The zero-order chi connectivity index (χ0) is 15.8. The lowest BCUT2D eigenvalue weighted by Gasteiger charge is -2.24. The van der Waals surface area contributed by atoms with E-state index in [1.807, 2.05) is 18.3 Å². The summed E-state index contributed by atoms with van der Waals surface area (Å²) in [6.07, 6.45) is 5.15. The number of ether oxygens (including phenoxy) is 3. The van der Waals surface area contributed by atoms with E-state index in [1.165, 1.54) is 0 Å². The fraction of sp³-hybridized carbons (Fsp3) is 0.722. The summed E-state index contributed by atoms with van der Waals surface area (Å²) in [5.74, 6) is 1.90. The summed E-state index contributed by atoms with van der Waals surface area (Å²) in [5.41, 5.74) is 1.07. The number of hydrogen-bond acceptors (Lipinski definition) is 4. The molecule has 1 aromatic heterocycles. The number of nitrogens with zero attached hydrogens (tertiary/aromatic N) is 1. The average Bonchev–Trinajstić information content (AvgIpc) is 2.52. The van der Waals surface area contributed by atoms with Gasteiger partial charge in [-0.05, 0) is 37.2 Å². The lowest BCUT2D eigenvalue weighted by molar-refractivity contribution is -0.0411. The van der Waals surface area contributed by atoms with Crippen LogP contribution in [0.25, 0.3) is 0 Å². The van der Waals surface area contributed by atoms with Gasteiger partial charge in [0.05, 0.1) is 12.7 Å². The normalized spacial score (nSPS) is 17.6. The Kier molecular flexibility index (Phi) is 7.13. The molecule has 0 radical (unpaired) electrons. The van der Waals surface area contributed by atoms with Gasteiger partial charge >= 0.3 is 0 Å². The van der Waals surface area contributed by atoms with Crippen molar-refractivity contribution in [2.75, 3.05) is 26.4 Å². The van der Waals surface area contributed by atoms with Crippen molar-refractivity contribution in [3.8, 4) is 5.75 Å². The van der Waals surface area contributed by atoms with E-state index in [-0.39, 0.29) is 0 Å². The second-order valence-corrected chi connectivity index (χ2v) is 6.64. The Morgan fingerprint density at radius 2 is 2.00 bits per heavy atom. The molecule has 0 saturated carbocycles. The fourth-order valence-corrected chi connectivity index (χ4v) is 2.48. The topological polar surface area (TPSA) is 40.6 Å². The molecule has 1 fully saturated rings. The summed E-state index contributed by atoms with van der Waals surface area (Å²) in [5, 5.41) is 0. The van der Waals surface area contributed by atoms with E-state index in [9.17, 15) is 0 Å². The van der Waals surface area contributed by atoms with Gasteiger partial charge in [0.2, 0.25) is 0 Å². The molecule has 1 atom stereocenters. The Bertz CT molecular complexity index is 430. The maximum Gasteiger partial charge on any atom is 0.122 e. The Hall–Kier alpha value is -1.13. The molecule has 1 aliphatic heterocycles. The highest BCUT2D eigenvalue weighted by atomic mass is 16.5. The third-order valence-electron chi connectivity index (χ3n) is 3.71. The molecular weight excluding hydrogens is 278 g/mol. The first kappa shape index (κ1) is 17.2. The zero-order valence-corrected chi connectivity index (χ0v) is 14.1. The number of rotatable bonds is 8. The minimum atomic E-state index is 0.366. The van der Waals surface area contributed by atoms with Gasteiger partial charge in [-0.2, -0.15) is 0 Å². The van der Waals surface area contributed by atoms with E-state index in [0.717, 1.165) is 57.1 Å². The molecule has 124 valence electrons. The van der Waals surface area contributed by atoms with Crippen LogP contribution in [-0.4, -0.2) is 37.5 Å². The van der Waals surface area contributed by atoms with Crippen LogP contribution in [0.1, 0.15) is 39.3 Å². The van der Waals surface area contributed by atoms with Gasteiger partial charge in [-0.25, -0.2) is 0 Å². The lowest BCUT2D eigenvalue weighted by atomic mass is 10.1. The summed E-state index contributed by atoms with van der Waals surface area (Å²) in [4.78, 5) is 4.45. The van der Waals surface area contributed by atoms with Crippen LogP contribution in [0, 0.1) is 11.8 Å². The van der Waals surface area contributed by atoms with E-state index >= 15 is 0 Å². The molecule has 4 nitrogen and oxygen atoms in total. The standard InChI is InChI=1S/C18H29NO3/c1-14(2)12-21-18-4-7-19-16(11-18)10-15(3)13-22-17-5-8-20-9-6-17/h4,7,11,14-15,17H,5-6,8-10,12-13H2,1-3H3. The van der Waals surface area contributed by atoms with E-state index in [1.54, 1.807) is 0 Å². The van der Waals surface area contributed by atoms with Crippen LogP contribution < -0.4 is 4.74 Å². The molecule has 2 rings (SSSR count). The van der Waals surface area contributed by atoms with Gasteiger partial charge < -0.3 is 14.2 Å². The smallest absolute Gasteiger partial charge is 0.122 e. The van der Waals surface area contributed by atoms with Crippen molar-refractivity contribution in [2.45, 2.75) is 46.1 Å². The second kappa shape index (κ2) is 9.11. The Morgan fingerprint density at radius 3 is 2.73 bits per heavy atom. The quantitative estimate of drug-likeness (QED) is 0.737. The Balaban J connectivity index is 1.75. The van der Waals surface area contributed by atoms with Gasteiger partial charge in [0.25, 0.3) is 0 Å². The van der Waals surface area contributed by atoms with E-state index in [2.05, 4.69) is 25.8 Å². The molecule has 0 aromatic carbocycles. The predicted molar refractivity (Wildman–Crippen MR) is 87.2 cm³/mol. The van der Waals surface area contributed by atoms with Crippen molar-refractivity contribution >= 4 is 0 Å². The van der Waals surface area contributed by atoms with Crippen LogP contribution in [-0.2, 0) is 15.9 Å². The van der Waals surface area contributed by atoms with Crippen LogP contribution in [0.2, 0.25) is 0 Å². The number of aromatic nitrogens is 1. The van der Waals surface area contributed by atoms with Gasteiger partial charge in [-0.1, -0.05) is 20.8 Å². The molecule has 0 aliphatic carbocycles. The van der Waals surface area contributed by atoms with Crippen molar-refractivity contribution < 1.29 is 14.2 Å². The number of hydrogen-bond donors (Lipinski definition) is 0. The molecule has 1 aliphatic rings. The predicted octanol–water partition coefficient (Wildman–Crippen LogP) is 3.49. The summed E-state index contributed by atoms with van der Waals surface area (Å²) in [6.45, 7) is 9.69. The van der Waals surface area contributed by atoms with Gasteiger partial charge in [-0.15, -0.1) is 0 Å². The van der Waals surface area contributed by atoms with Crippen molar-refractivity contribution in [1.82, 2.24) is 4.98 Å². The summed E-state index contributed by atoms with van der Waals surface area (Å²) < 4.78 is 17.1. The van der Waals surface area contributed by atoms with Gasteiger partial charge in [0.1, 0.15) is 5.75 Å². The third-order valence-corrected chi connectivity index (χ3v) is 3.71. The van der Waals surface area contributed by atoms with E-state index in [4.69, 9.17) is 14.2 Å². The summed E-state index contributed by atoms with van der Waals surface area (Å²) >= 11 is 0. The molecule has 0 bridgehead atoms. The number of pyridine rings is 1. The van der Waals surface area contributed by atoms with Crippen molar-refractivity contribution in [3.63, 3.8) is 0 Å². The highest BCUT2D eigenvalue weighted by Gasteiger charge is 2.15. The Labute approximate surface area is 134 Å². The van der Waals surface area contributed by atoms with E-state index < -0.39 is 0 Å². The average molecular weight is 307 g/mol. The molecular formula is C18H29NO3. The monoisotopic (exact) mass is 307 g/mol. The first-order chi connectivity index (χ1) is 10.6. The molecule has 2 heterocycles. The van der Waals surface area contributed by atoms with Crippen LogP contribution in [0.3, 0.4) is 0 Å². The van der Waals surface area contributed by atoms with Crippen molar-refractivity contribution in [2.24, 2.45) is 11.8 Å². The minimum Gasteiger partial charge on any atom is -0.493 e. The second-order valence-electron chi connectivity index (χ2n) is 6.64. The molecule has 0 N–H and O–H groups in total. The molecule has 1 saturated heterocycles. The maximum absolute atomic E-state index is 5.99. The molecule has 0 amide bonds. The highest BCUT2D eigenvalue weighted by Crippen LogP contribution is 2.17. The molecule has 22 heavy (non-hydrogen) atoms. The summed E-state index contributed by atoms with van der Waals surface area (Å²) in [7, 11) is 0. The van der Waals surface area contributed by atoms with Crippen LogP contribution >= 0.6 is 0 Å². The van der Waals surface area contributed by atoms with Gasteiger partial charge in [0.15, 0.2) is 0 Å². The Morgan fingerprint density at radius 1 is 1.23 bits per heavy atom. The molecule has 1 unspecified atom stereocenters. The largest absolute Gasteiger partial charge is 0.493 e. The highest BCUT2D eigenvalue weighted by molar-refractivity contribution is 5.22. The van der Waals surface area contributed by atoms with Gasteiger partial charge in [0, 0.05) is 37.8 Å². The molecule has 4 heteroatoms. The van der Waals surface area contributed by atoms with Crippen LogP contribution in [0.5, 0.6) is 5.75 Å². The van der Waals surface area contributed by atoms with Crippen molar-refractivity contribution in [1.29, 1.82) is 0 Å². The van der Waals surface area contributed by atoms with Crippen LogP contribution in [0.4, 0.5) is 0 Å². The summed E-state index contributed by atoms with van der Waals surface area (Å²) in [6, 6.07) is 3.97. The SMILES string of the molecule is CC(C)COc1ccnc(CC(C)COC2CCOCC2)c1. The fourth-order valence-electron chi connectivity index (χ4n) is 2.48. The lowest BCUT2D eigenvalue weighted by Crippen LogP contribution is -2.25. The molecule has 0 spiro atoms. The minimum absolute atomic E-state index is 0.366. The van der Waals surface area contributed by atoms with Crippen LogP contribution in [0.15, 0.2) is 18.3 Å². The first-order valence-electron chi connectivity index (χ1n) is 8.40. The molecule has 1 aromatic rings. The van der Waals surface area contributed by atoms with E-state index in [0.29, 0.717) is 17.9 Å². The van der Waals surface area contributed by atoms with Gasteiger partial charge in [-0.3, -0.25) is 4.98 Å². The maximum atomic E-state index is 5.99. The zero-order valence-electron chi connectivity index (χ0n) is 14.1. The first-order valence-corrected chi connectivity index (χ1v) is 8.40. The van der Waals surface area contributed by atoms with Crippen molar-refractivity contribution in [3.05, 3.63) is 24.0 Å².